The quantitative estimate of drug-likeness (QED) is 0.855. The average Bonchev–Trinajstić information content (AvgIpc) is 2.79. The Balaban J connectivity index is 2.48. The van der Waals surface area contributed by atoms with E-state index in [1.807, 2.05) is 0 Å². The van der Waals surface area contributed by atoms with Crippen LogP contribution in [0.15, 0.2) is 11.3 Å². The van der Waals surface area contributed by atoms with Gasteiger partial charge in [-0.2, -0.15) is 28.4 Å². The van der Waals surface area contributed by atoms with Crippen molar-refractivity contribution in [3.8, 4) is 0 Å². The number of halogens is 4. The molecule has 20 heavy (non-hydrogen) atoms. The predicted octanol–water partition coefficient (Wildman–Crippen LogP) is 1.55. The summed E-state index contributed by atoms with van der Waals surface area (Å²) in [6.45, 7) is 1.29. The zero-order valence-corrected chi connectivity index (χ0v) is 11.2. The van der Waals surface area contributed by atoms with Crippen LogP contribution in [0.4, 0.5) is 13.2 Å². The molecule has 10 heteroatoms. The van der Waals surface area contributed by atoms with Crippen LogP contribution >= 0.6 is 11.6 Å². The summed E-state index contributed by atoms with van der Waals surface area (Å²) in [7, 11) is 1.35. The monoisotopic (exact) mass is 310 g/mol. The van der Waals surface area contributed by atoms with Crippen LogP contribution < -0.4 is 0 Å². The number of aliphatic hydroxyl groups is 1. The molecule has 1 N–H and O–H groups in total. The van der Waals surface area contributed by atoms with Crippen LogP contribution in [-0.4, -0.2) is 43.4 Å². The summed E-state index contributed by atoms with van der Waals surface area (Å²) in [5.41, 5.74) is -3.67. The van der Waals surface area contributed by atoms with E-state index < -0.39 is 24.2 Å². The molecule has 1 aliphatic rings. The van der Waals surface area contributed by atoms with Crippen LogP contribution in [0.25, 0.3) is 0 Å². The van der Waals surface area contributed by atoms with Gasteiger partial charge in [-0.1, -0.05) is 11.6 Å². The van der Waals surface area contributed by atoms with Gasteiger partial charge in [0.2, 0.25) is 0 Å². The zero-order chi connectivity index (χ0) is 15.3. The maximum Gasteiger partial charge on any atom is 0.438 e. The van der Waals surface area contributed by atoms with Crippen molar-refractivity contribution in [1.29, 1.82) is 0 Å². The third-order valence-electron chi connectivity index (χ3n) is 2.87. The number of aryl methyl sites for hydroxylation is 1. The van der Waals surface area contributed by atoms with Crippen LogP contribution in [-0.2, 0) is 7.05 Å². The van der Waals surface area contributed by atoms with E-state index in [1.165, 1.54) is 14.0 Å². The van der Waals surface area contributed by atoms with E-state index in [4.69, 9.17) is 11.6 Å². The van der Waals surface area contributed by atoms with E-state index >= 15 is 0 Å². The number of carbonyl (C=O) groups is 1. The highest BCUT2D eigenvalue weighted by molar-refractivity contribution is 6.33. The van der Waals surface area contributed by atoms with Gasteiger partial charge < -0.3 is 5.11 Å². The lowest BCUT2D eigenvalue weighted by atomic mass is 10.1. The molecule has 0 aliphatic carbocycles. The lowest BCUT2D eigenvalue weighted by Gasteiger charge is -2.32. The molecule has 6 nitrogen and oxygen atoms in total. The molecule has 1 atom stereocenters. The Labute approximate surface area is 116 Å². The average molecular weight is 311 g/mol. The van der Waals surface area contributed by atoms with Crippen molar-refractivity contribution >= 4 is 23.2 Å². The molecule has 2 rings (SSSR count). The van der Waals surface area contributed by atoms with Crippen molar-refractivity contribution in [3.63, 3.8) is 0 Å². The lowest BCUT2D eigenvalue weighted by molar-refractivity contribution is -0.297. The van der Waals surface area contributed by atoms with Crippen LogP contribution in [0.1, 0.15) is 23.8 Å². The minimum Gasteiger partial charge on any atom is -0.362 e. The fourth-order valence-corrected chi connectivity index (χ4v) is 2.15. The van der Waals surface area contributed by atoms with Crippen LogP contribution in [0, 0.1) is 0 Å². The highest BCUT2D eigenvalue weighted by Gasteiger charge is 2.63. The van der Waals surface area contributed by atoms with Crippen molar-refractivity contribution < 1.29 is 23.1 Å². The van der Waals surface area contributed by atoms with Crippen molar-refractivity contribution in [2.45, 2.75) is 25.2 Å². The predicted molar refractivity (Wildman–Crippen MR) is 63.1 cm³/mol. The topological polar surface area (TPSA) is 70.7 Å². The number of rotatable bonds is 1. The Kier molecular flexibility index (Phi) is 3.29. The number of hydrogen-bond donors (Lipinski definition) is 1. The highest BCUT2D eigenvalue weighted by Crippen LogP contribution is 2.41. The summed E-state index contributed by atoms with van der Waals surface area (Å²) in [6.07, 6.45) is -4.74. The Hall–Kier alpha value is -1.61. The van der Waals surface area contributed by atoms with Crippen LogP contribution in [0.3, 0.4) is 0 Å². The lowest BCUT2D eigenvalue weighted by Crippen LogP contribution is -2.56. The second-order valence-electron chi connectivity index (χ2n) is 4.41. The number of amides is 1. The molecule has 0 bridgehead atoms. The van der Waals surface area contributed by atoms with E-state index in [1.54, 1.807) is 0 Å². The van der Waals surface area contributed by atoms with Crippen molar-refractivity contribution in [2.24, 2.45) is 12.1 Å². The van der Waals surface area contributed by atoms with Gasteiger partial charge in [-0.3, -0.25) is 9.48 Å². The molecule has 0 spiro atoms. The van der Waals surface area contributed by atoms with E-state index in [-0.39, 0.29) is 21.4 Å². The number of nitrogens with zero attached hydrogens (tertiary/aromatic N) is 4. The first-order chi connectivity index (χ1) is 9.08. The number of aromatic nitrogens is 2. The third-order valence-corrected chi connectivity index (χ3v) is 3.14. The highest BCUT2D eigenvalue weighted by atomic mass is 35.5. The van der Waals surface area contributed by atoms with Gasteiger partial charge in [0, 0.05) is 19.2 Å². The number of carbonyl (C=O) groups excluding carboxylic acids is 1. The molecular formula is C10H10ClF3N4O2. The summed E-state index contributed by atoms with van der Waals surface area (Å²) in [5.74, 6) is -1.17. The standard InChI is InChI=1S/C10H10ClF3N4O2/c1-5-3-9(20,10(12,13)14)18(16-5)8(19)7-6(11)4-15-17(7)2/h4,20H,3H2,1-2H3/t9-/m0/s1. The molecule has 0 fully saturated rings. The van der Waals surface area contributed by atoms with E-state index in [0.29, 0.717) is 0 Å². The van der Waals surface area contributed by atoms with E-state index in [9.17, 15) is 23.1 Å². The molecule has 1 aromatic rings. The SMILES string of the molecule is CC1=NN(C(=O)c2c(Cl)cnn2C)[C@@](O)(C(F)(F)F)C1. The summed E-state index contributed by atoms with van der Waals surface area (Å²) >= 11 is 5.72. The summed E-state index contributed by atoms with van der Waals surface area (Å²) in [5, 5.41) is 16.8. The molecule has 1 amide bonds. The van der Waals surface area contributed by atoms with Gasteiger partial charge >= 0.3 is 6.18 Å². The van der Waals surface area contributed by atoms with Gasteiger partial charge in [-0.25, -0.2) is 0 Å². The molecule has 110 valence electrons. The third kappa shape index (κ3) is 2.06. The molecular weight excluding hydrogens is 301 g/mol. The smallest absolute Gasteiger partial charge is 0.362 e. The minimum absolute atomic E-state index is 0.00519. The molecule has 1 aliphatic heterocycles. The van der Waals surface area contributed by atoms with Gasteiger partial charge in [0.05, 0.1) is 11.2 Å². The van der Waals surface area contributed by atoms with Gasteiger partial charge in [0.1, 0.15) is 5.69 Å². The summed E-state index contributed by atoms with van der Waals surface area (Å²) < 4.78 is 40.0. The molecule has 0 saturated heterocycles. The molecule has 0 radical (unpaired) electrons. The van der Waals surface area contributed by atoms with Gasteiger partial charge in [-0.15, -0.1) is 0 Å². The van der Waals surface area contributed by atoms with E-state index in [0.717, 1.165) is 10.9 Å². The normalized spacial score (nSPS) is 23.1. The molecule has 1 aromatic heterocycles. The van der Waals surface area contributed by atoms with Gasteiger partial charge in [0.25, 0.3) is 11.6 Å². The molecule has 0 unspecified atom stereocenters. The van der Waals surface area contributed by atoms with Crippen LogP contribution in [0.2, 0.25) is 5.02 Å². The van der Waals surface area contributed by atoms with Gasteiger partial charge in [0.15, 0.2) is 0 Å². The first-order valence-electron chi connectivity index (χ1n) is 5.43. The molecule has 0 aromatic carbocycles. The first kappa shape index (κ1) is 14.8. The maximum atomic E-state index is 13.0. The van der Waals surface area contributed by atoms with Crippen molar-refractivity contribution in [2.75, 3.05) is 0 Å². The van der Waals surface area contributed by atoms with Crippen molar-refractivity contribution in [1.82, 2.24) is 14.8 Å². The number of hydrogen-bond acceptors (Lipinski definition) is 4. The Morgan fingerprint density at radius 2 is 2.15 bits per heavy atom. The zero-order valence-electron chi connectivity index (χ0n) is 10.4. The first-order valence-corrected chi connectivity index (χ1v) is 5.81. The molecule has 0 saturated carbocycles. The molecule has 2 heterocycles. The Morgan fingerprint density at radius 3 is 2.60 bits per heavy atom. The fourth-order valence-electron chi connectivity index (χ4n) is 1.91. The van der Waals surface area contributed by atoms with Crippen LogP contribution in [0.5, 0.6) is 0 Å². The second kappa shape index (κ2) is 4.45. The van der Waals surface area contributed by atoms with E-state index in [2.05, 4.69) is 10.2 Å². The Morgan fingerprint density at radius 1 is 1.55 bits per heavy atom. The number of hydrazone groups is 1. The fraction of sp³-hybridized carbons (Fsp3) is 0.500. The maximum absolute atomic E-state index is 13.0. The largest absolute Gasteiger partial charge is 0.438 e. The summed E-state index contributed by atoms with van der Waals surface area (Å²) in [4.78, 5) is 12.2. The minimum atomic E-state index is -5.05. The Bertz CT molecular complexity index is 578. The number of alkyl halides is 3. The van der Waals surface area contributed by atoms with Crippen molar-refractivity contribution in [3.05, 3.63) is 16.9 Å². The summed E-state index contributed by atoms with van der Waals surface area (Å²) in [6, 6.07) is 0. The van der Waals surface area contributed by atoms with Gasteiger partial charge in [-0.05, 0) is 6.92 Å². The second-order valence-corrected chi connectivity index (χ2v) is 4.82.